The SMILES string of the molecule is C=C(C)C(=O)OCCC#Cc1ccc(C(=O)c2ccc(OC(=O)C(=C)C)cc2)cc1. The first-order chi connectivity index (χ1) is 14.3. The molecule has 0 fully saturated rings. The zero-order valence-corrected chi connectivity index (χ0v) is 17.0. The van der Waals surface area contributed by atoms with Crippen molar-refractivity contribution in [3.05, 3.63) is 89.5 Å². The number of carbonyl (C=O) groups excluding carboxylic acids is 3. The Morgan fingerprint density at radius 3 is 1.90 bits per heavy atom. The number of esters is 2. The van der Waals surface area contributed by atoms with Crippen molar-refractivity contribution in [2.24, 2.45) is 0 Å². The fraction of sp³-hybridized carbons (Fsp3) is 0.160. The molecule has 0 saturated carbocycles. The summed E-state index contributed by atoms with van der Waals surface area (Å²) in [6, 6.07) is 13.2. The second kappa shape index (κ2) is 10.6. The molecule has 30 heavy (non-hydrogen) atoms. The number of hydrogen-bond acceptors (Lipinski definition) is 5. The van der Waals surface area contributed by atoms with Gasteiger partial charge in [0.05, 0.1) is 0 Å². The summed E-state index contributed by atoms with van der Waals surface area (Å²) in [4.78, 5) is 35.4. The van der Waals surface area contributed by atoms with Crippen LogP contribution in [0.15, 0.2) is 72.8 Å². The summed E-state index contributed by atoms with van der Waals surface area (Å²) in [6.07, 6.45) is 0.405. The summed E-state index contributed by atoms with van der Waals surface area (Å²) in [5, 5.41) is 0. The Bertz CT molecular complexity index is 1030. The van der Waals surface area contributed by atoms with Crippen LogP contribution in [0.4, 0.5) is 0 Å². The summed E-state index contributed by atoms with van der Waals surface area (Å²) in [5.41, 5.74) is 2.39. The molecular weight excluding hydrogens is 380 g/mol. The van der Waals surface area contributed by atoms with Gasteiger partial charge in [-0.15, -0.1) is 0 Å². The summed E-state index contributed by atoms with van der Waals surface area (Å²) < 4.78 is 10.1. The molecule has 0 saturated heterocycles. The fourth-order valence-electron chi connectivity index (χ4n) is 2.22. The molecule has 2 rings (SSSR count). The number of carbonyl (C=O) groups is 3. The lowest BCUT2D eigenvalue weighted by atomic mass is 10.0. The minimum absolute atomic E-state index is 0.154. The minimum atomic E-state index is -0.514. The molecule has 0 aliphatic carbocycles. The third-order valence-electron chi connectivity index (χ3n) is 3.86. The quantitative estimate of drug-likeness (QED) is 0.173. The zero-order valence-electron chi connectivity index (χ0n) is 17.0. The van der Waals surface area contributed by atoms with Gasteiger partial charge < -0.3 is 9.47 Å². The largest absolute Gasteiger partial charge is 0.461 e. The molecule has 0 aromatic heterocycles. The smallest absolute Gasteiger partial charge is 0.338 e. The third-order valence-corrected chi connectivity index (χ3v) is 3.86. The summed E-state index contributed by atoms with van der Waals surface area (Å²) in [7, 11) is 0. The van der Waals surface area contributed by atoms with E-state index in [4.69, 9.17) is 9.47 Å². The highest BCUT2D eigenvalue weighted by atomic mass is 16.5. The van der Waals surface area contributed by atoms with Crippen LogP contribution < -0.4 is 4.74 Å². The van der Waals surface area contributed by atoms with Crippen LogP contribution in [-0.4, -0.2) is 24.3 Å². The molecule has 0 radical (unpaired) electrons. The predicted octanol–water partition coefficient (Wildman–Crippen LogP) is 4.26. The van der Waals surface area contributed by atoms with Crippen molar-refractivity contribution in [1.29, 1.82) is 0 Å². The lowest BCUT2D eigenvalue weighted by Crippen LogP contribution is -2.08. The molecule has 0 atom stereocenters. The molecule has 152 valence electrons. The maximum absolute atomic E-state index is 12.6. The highest BCUT2D eigenvalue weighted by molar-refractivity contribution is 6.09. The van der Waals surface area contributed by atoms with E-state index in [2.05, 4.69) is 25.0 Å². The maximum Gasteiger partial charge on any atom is 0.338 e. The Labute approximate surface area is 176 Å². The molecule has 0 aliphatic rings. The van der Waals surface area contributed by atoms with Gasteiger partial charge in [0.15, 0.2) is 5.78 Å². The number of hydrogen-bond donors (Lipinski definition) is 0. The Morgan fingerprint density at radius 1 is 0.833 bits per heavy atom. The van der Waals surface area contributed by atoms with Gasteiger partial charge in [0.2, 0.25) is 0 Å². The van der Waals surface area contributed by atoms with Gasteiger partial charge in [-0.25, -0.2) is 9.59 Å². The molecule has 0 N–H and O–H groups in total. The average Bonchev–Trinajstić information content (AvgIpc) is 2.73. The van der Waals surface area contributed by atoms with Crippen molar-refractivity contribution in [3.63, 3.8) is 0 Å². The summed E-state index contributed by atoms with van der Waals surface area (Å²) in [5.74, 6) is 5.12. The summed E-state index contributed by atoms with van der Waals surface area (Å²) >= 11 is 0. The van der Waals surface area contributed by atoms with E-state index < -0.39 is 11.9 Å². The van der Waals surface area contributed by atoms with Gasteiger partial charge in [0.1, 0.15) is 12.4 Å². The molecule has 0 bridgehead atoms. The lowest BCUT2D eigenvalue weighted by Gasteiger charge is -2.05. The van der Waals surface area contributed by atoms with Crippen molar-refractivity contribution < 1.29 is 23.9 Å². The zero-order chi connectivity index (χ0) is 22.1. The first kappa shape index (κ1) is 22.4. The first-order valence-electron chi connectivity index (χ1n) is 9.22. The van der Waals surface area contributed by atoms with E-state index in [0.717, 1.165) is 5.56 Å². The molecule has 5 heteroatoms. The second-order valence-electron chi connectivity index (χ2n) is 6.57. The normalized spacial score (nSPS) is 9.67. The van der Waals surface area contributed by atoms with Crippen LogP contribution in [0.2, 0.25) is 0 Å². The van der Waals surface area contributed by atoms with E-state index in [9.17, 15) is 14.4 Å². The number of ketones is 1. The molecular formula is C25H22O5. The molecule has 2 aromatic rings. The second-order valence-corrected chi connectivity index (χ2v) is 6.57. The molecule has 0 unspecified atom stereocenters. The average molecular weight is 402 g/mol. The monoisotopic (exact) mass is 402 g/mol. The van der Waals surface area contributed by atoms with Crippen LogP contribution in [0.5, 0.6) is 5.75 Å². The first-order valence-corrected chi connectivity index (χ1v) is 9.22. The maximum atomic E-state index is 12.6. The minimum Gasteiger partial charge on any atom is -0.461 e. The molecule has 0 aliphatic heterocycles. The van der Waals surface area contributed by atoms with Gasteiger partial charge in [0, 0.05) is 34.3 Å². The van der Waals surface area contributed by atoms with E-state index in [0.29, 0.717) is 34.4 Å². The molecule has 0 amide bonds. The topological polar surface area (TPSA) is 69.7 Å². The Kier molecular flexibility index (Phi) is 7.90. The van der Waals surface area contributed by atoms with Crippen molar-refractivity contribution in [3.8, 4) is 17.6 Å². The van der Waals surface area contributed by atoms with Crippen LogP contribution >= 0.6 is 0 Å². The molecule has 0 heterocycles. The van der Waals surface area contributed by atoms with E-state index in [1.807, 2.05) is 0 Å². The van der Waals surface area contributed by atoms with Crippen molar-refractivity contribution in [2.45, 2.75) is 20.3 Å². The van der Waals surface area contributed by atoms with E-state index in [-0.39, 0.29) is 12.4 Å². The Hall–Kier alpha value is -3.91. The molecule has 5 nitrogen and oxygen atoms in total. The predicted molar refractivity (Wildman–Crippen MR) is 114 cm³/mol. The van der Waals surface area contributed by atoms with Crippen LogP contribution in [0.1, 0.15) is 41.8 Å². The summed E-state index contributed by atoms with van der Waals surface area (Å²) in [6.45, 7) is 10.4. The van der Waals surface area contributed by atoms with Crippen LogP contribution in [-0.2, 0) is 14.3 Å². The number of rotatable bonds is 7. The number of benzene rings is 2. The van der Waals surface area contributed by atoms with Gasteiger partial charge in [-0.05, 0) is 62.4 Å². The Balaban J connectivity index is 1.94. The van der Waals surface area contributed by atoms with Crippen molar-refractivity contribution >= 4 is 17.7 Å². The van der Waals surface area contributed by atoms with Gasteiger partial charge in [-0.2, -0.15) is 0 Å². The van der Waals surface area contributed by atoms with Gasteiger partial charge >= 0.3 is 11.9 Å². The molecule has 0 spiro atoms. The molecule has 2 aromatic carbocycles. The van der Waals surface area contributed by atoms with Crippen molar-refractivity contribution in [2.75, 3.05) is 6.61 Å². The van der Waals surface area contributed by atoms with E-state index >= 15 is 0 Å². The standard InChI is InChI=1S/C25H22O5/c1-17(2)24(27)29-16-6-5-7-19-8-10-20(11-9-19)23(26)21-12-14-22(15-13-21)30-25(28)18(3)4/h8-15H,1,3,6,16H2,2,4H3. The highest BCUT2D eigenvalue weighted by Crippen LogP contribution is 2.17. The van der Waals surface area contributed by atoms with Gasteiger partial charge in [-0.1, -0.05) is 25.0 Å². The highest BCUT2D eigenvalue weighted by Gasteiger charge is 2.10. The van der Waals surface area contributed by atoms with Crippen LogP contribution in [0.25, 0.3) is 0 Å². The lowest BCUT2D eigenvalue weighted by molar-refractivity contribution is -0.138. The van der Waals surface area contributed by atoms with Gasteiger partial charge in [0.25, 0.3) is 0 Å². The van der Waals surface area contributed by atoms with Crippen LogP contribution in [0.3, 0.4) is 0 Å². The van der Waals surface area contributed by atoms with Crippen molar-refractivity contribution in [1.82, 2.24) is 0 Å². The van der Waals surface area contributed by atoms with Crippen LogP contribution in [0, 0.1) is 11.8 Å². The van der Waals surface area contributed by atoms with E-state index in [1.165, 1.54) is 0 Å². The number of ether oxygens (including phenoxy) is 2. The van der Waals surface area contributed by atoms with E-state index in [1.54, 1.807) is 62.4 Å². The Morgan fingerprint density at radius 2 is 1.37 bits per heavy atom. The third kappa shape index (κ3) is 6.61. The van der Waals surface area contributed by atoms with Gasteiger partial charge in [-0.3, -0.25) is 4.79 Å². The fourth-order valence-corrected chi connectivity index (χ4v) is 2.22.